The highest BCUT2D eigenvalue weighted by Gasteiger charge is 2.24. The van der Waals surface area contributed by atoms with E-state index in [1.165, 1.54) is 0 Å². The van der Waals surface area contributed by atoms with Crippen molar-refractivity contribution in [3.05, 3.63) is 64.2 Å². The van der Waals surface area contributed by atoms with Crippen LogP contribution in [0.3, 0.4) is 0 Å². The summed E-state index contributed by atoms with van der Waals surface area (Å²) < 4.78 is 10.9. The van der Waals surface area contributed by atoms with Crippen molar-refractivity contribution in [2.45, 2.75) is 19.5 Å². The summed E-state index contributed by atoms with van der Waals surface area (Å²) in [5.41, 5.74) is 1.79. The van der Waals surface area contributed by atoms with Gasteiger partial charge in [0.2, 0.25) is 0 Å². The van der Waals surface area contributed by atoms with E-state index >= 15 is 0 Å². The predicted molar refractivity (Wildman–Crippen MR) is 117 cm³/mol. The molecule has 0 bridgehead atoms. The molecule has 0 radical (unpaired) electrons. The van der Waals surface area contributed by atoms with Crippen LogP contribution in [0.2, 0.25) is 0 Å². The molecule has 3 aromatic rings. The first kappa shape index (κ1) is 20.4. The van der Waals surface area contributed by atoms with Crippen LogP contribution < -0.4 is 15.0 Å². The Balaban J connectivity index is 1.43. The van der Waals surface area contributed by atoms with Crippen molar-refractivity contribution in [1.82, 2.24) is 19.8 Å². The minimum Gasteiger partial charge on any atom is -0.497 e. The highest BCUT2D eigenvalue weighted by molar-refractivity contribution is 5.77. The molecule has 0 spiro atoms. The topological polar surface area (TPSA) is 70.7 Å². The summed E-state index contributed by atoms with van der Waals surface area (Å²) in [7, 11) is 3.37. The fourth-order valence-corrected chi connectivity index (χ4v) is 4.03. The molecule has 1 aliphatic heterocycles. The fourth-order valence-electron chi connectivity index (χ4n) is 4.03. The van der Waals surface area contributed by atoms with E-state index in [9.17, 15) is 4.79 Å². The number of ether oxygens (including phenoxy) is 2. The number of nitrogens with one attached hydrogen (secondary N) is 1. The smallest absolute Gasteiger partial charge is 0.258 e. The maximum absolute atomic E-state index is 12.4. The van der Waals surface area contributed by atoms with Gasteiger partial charge in [0.15, 0.2) is 0 Å². The number of para-hydroxylation sites is 1. The van der Waals surface area contributed by atoms with E-state index in [0.29, 0.717) is 5.39 Å². The second-order valence-electron chi connectivity index (χ2n) is 7.63. The minimum atomic E-state index is -0.0776. The molecule has 1 saturated heterocycles. The third-order valence-electron chi connectivity index (χ3n) is 5.86. The van der Waals surface area contributed by atoms with Crippen LogP contribution in [0.5, 0.6) is 11.5 Å². The number of hydrogen-bond donors (Lipinski definition) is 1. The van der Waals surface area contributed by atoms with Crippen molar-refractivity contribution in [3.8, 4) is 11.5 Å². The number of H-pyrrole nitrogens is 1. The molecule has 158 valence electrons. The van der Waals surface area contributed by atoms with E-state index in [-0.39, 0.29) is 11.6 Å². The third kappa shape index (κ3) is 4.17. The number of methoxy groups -OCH3 is 2. The Labute approximate surface area is 176 Å². The van der Waals surface area contributed by atoms with Gasteiger partial charge in [-0.25, -0.2) is 4.98 Å². The first-order valence-electron chi connectivity index (χ1n) is 10.3. The molecule has 0 aliphatic carbocycles. The molecule has 7 nitrogen and oxygen atoms in total. The van der Waals surface area contributed by atoms with Gasteiger partial charge in [0.05, 0.1) is 31.2 Å². The van der Waals surface area contributed by atoms with E-state index in [2.05, 4.69) is 21.7 Å². The average Bonchev–Trinajstić information content (AvgIpc) is 2.79. The fraction of sp³-hybridized carbons (Fsp3) is 0.391. The molecule has 30 heavy (non-hydrogen) atoms. The molecule has 1 fully saturated rings. The van der Waals surface area contributed by atoms with Crippen LogP contribution in [0.25, 0.3) is 10.9 Å². The molecule has 1 aromatic heterocycles. The monoisotopic (exact) mass is 408 g/mol. The van der Waals surface area contributed by atoms with Crippen LogP contribution in [0, 0.1) is 0 Å². The number of hydrogen-bond acceptors (Lipinski definition) is 6. The van der Waals surface area contributed by atoms with Gasteiger partial charge in [-0.05, 0) is 37.3 Å². The molecule has 1 atom stereocenters. The van der Waals surface area contributed by atoms with Gasteiger partial charge in [-0.15, -0.1) is 0 Å². The molecule has 0 amide bonds. The molecule has 2 aromatic carbocycles. The zero-order chi connectivity index (χ0) is 21.1. The number of benzene rings is 2. The maximum Gasteiger partial charge on any atom is 0.258 e. The Hall–Kier alpha value is -2.90. The van der Waals surface area contributed by atoms with Gasteiger partial charge in [-0.2, -0.15) is 0 Å². The predicted octanol–water partition coefficient (Wildman–Crippen LogP) is 2.82. The maximum atomic E-state index is 12.4. The SMILES string of the molecule is COc1ccc(OC)c(CN2CCN([C@H](C)c3nc4ccccc4c(=O)[nH]3)CC2)c1. The summed E-state index contributed by atoms with van der Waals surface area (Å²) in [5.74, 6) is 2.44. The van der Waals surface area contributed by atoms with Gasteiger partial charge in [0, 0.05) is 38.3 Å². The number of aromatic nitrogens is 2. The molecule has 1 N–H and O–H groups in total. The summed E-state index contributed by atoms with van der Waals surface area (Å²) in [5, 5.41) is 0.630. The van der Waals surface area contributed by atoms with Crippen LogP contribution in [-0.4, -0.2) is 60.2 Å². The van der Waals surface area contributed by atoms with Crippen molar-refractivity contribution in [2.24, 2.45) is 0 Å². The van der Waals surface area contributed by atoms with E-state index in [0.717, 1.165) is 61.1 Å². The highest BCUT2D eigenvalue weighted by Crippen LogP contribution is 2.26. The molecular weight excluding hydrogens is 380 g/mol. The van der Waals surface area contributed by atoms with Crippen LogP contribution >= 0.6 is 0 Å². The summed E-state index contributed by atoms with van der Waals surface area (Å²) in [4.78, 5) is 24.9. The molecule has 7 heteroatoms. The van der Waals surface area contributed by atoms with Crippen LogP contribution in [0.15, 0.2) is 47.3 Å². The van der Waals surface area contributed by atoms with Crippen molar-refractivity contribution < 1.29 is 9.47 Å². The lowest BCUT2D eigenvalue weighted by Crippen LogP contribution is -2.47. The Morgan fingerprint density at radius 2 is 1.83 bits per heavy atom. The Kier molecular flexibility index (Phi) is 6.01. The number of nitrogens with zero attached hydrogens (tertiary/aromatic N) is 3. The molecular formula is C23H28N4O3. The molecule has 1 aliphatic rings. The summed E-state index contributed by atoms with van der Waals surface area (Å²) in [6.45, 7) is 6.60. The number of aromatic amines is 1. The third-order valence-corrected chi connectivity index (χ3v) is 5.86. The van der Waals surface area contributed by atoms with Gasteiger partial charge < -0.3 is 14.5 Å². The standard InChI is InChI=1S/C23H28N4O3/c1-16(22-24-20-7-5-4-6-19(20)23(28)25-22)27-12-10-26(11-13-27)15-17-14-18(29-2)8-9-21(17)30-3/h4-9,14,16H,10-13,15H2,1-3H3,(H,24,25,28)/t16-/m1/s1. The van der Waals surface area contributed by atoms with Gasteiger partial charge in [-0.3, -0.25) is 14.6 Å². The van der Waals surface area contributed by atoms with E-state index in [1.807, 2.05) is 36.4 Å². The second kappa shape index (κ2) is 8.85. The molecule has 0 saturated carbocycles. The van der Waals surface area contributed by atoms with Gasteiger partial charge in [-0.1, -0.05) is 12.1 Å². The summed E-state index contributed by atoms with van der Waals surface area (Å²) >= 11 is 0. The number of rotatable bonds is 6. The van der Waals surface area contributed by atoms with Gasteiger partial charge in [0.1, 0.15) is 17.3 Å². The minimum absolute atomic E-state index is 0.0517. The summed E-state index contributed by atoms with van der Waals surface area (Å²) in [6, 6.07) is 13.4. The second-order valence-corrected chi connectivity index (χ2v) is 7.63. The van der Waals surface area contributed by atoms with Crippen molar-refractivity contribution in [1.29, 1.82) is 0 Å². The average molecular weight is 409 g/mol. The van der Waals surface area contributed by atoms with Crippen LogP contribution in [-0.2, 0) is 6.54 Å². The van der Waals surface area contributed by atoms with Crippen molar-refractivity contribution in [2.75, 3.05) is 40.4 Å². The largest absolute Gasteiger partial charge is 0.497 e. The lowest BCUT2D eigenvalue weighted by atomic mass is 10.1. The summed E-state index contributed by atoms with van der Waals surface area (Å²) in [6.07, 6.45) is 0. The van der Waals surface area contributed by atoms with E-state index in [4.69, 9.17) is 14.5 Å². The first-order valence-corrected chi connectivity index (χ1v) is 10.3. The van der Waals surface area contributed by atoms with Crippen LogP contribution in [0.1, 0.15) is 24.4 Å². The Morgan fingerprint density at radius 3 is 2.57 bits per heavy atom. The van der Waals surface area contributed by atoms with Crippen molar-refractivity contribution >= 4 is 10.9 Å². The first-order chi connectivity index (χ1) is 14.6. The van der Waals surface area contributed by atoms with Gasteiger partial charge >= 0.3 is 0 Å². The zero-order valence-corrected chi connectivity index (χ0v) is 17.7. The number of fused-ring (bicyclic) bond motifs is 1. The highest BCUT2D eigenvalue weighted by atomic mass is 16.5. The van der Waals surface area contributed by atoms with Crippen molar-refractivity contribution in [3.63, 3.8) is 0 Å². The molecule has 4 rings (SSSR count). The van der Waals surface area contributed by atoms with Gasteiger partial charge in [0.25, 0.3) is 5.56 Å². The Bertz CT molecular complexity index is 1070. The lowest BCUT2D eigenvalue weighted by Gasteiger charge is -2.37. The van der Waals surface area contributed by atoms with E-state index < -0.39 is 0 Å². The zero-order valence-electron chi connectivity index (χ0n) is 17.7. The lowest BCUT2D eigenvalue weighted by molar-refractivity contribution is 0.0942. The molecule has 0 unspecified atom stereocenters. The number of piperazine rings is 1. The van der Waals surface area contributed by atoms with E-state index in [1.54, 1.807) is 20.3 Å². The Morgan fingerprint density at radius 1 is 1.07 bits per heavy atom. The molecule has 2 heterocycles. The quantitative estimate of drug-likeness (QED) is 0.676. The van der Waals surface area contributed by atoms with Crippen LogP contribution in [0.4, 0.5) is 0 Å². The normalized spacial score (nSPS) is 16.5.